The summed E-state index contributed by atoms with van der Waals surface area (Å²) in [5.41, 5.74) is 4.76. The van der Waals surface area contributed by atoms with Gasteiger partial charge < -0.3 is 5.32 Å². The van der Waals surface area contributed by atoms with Gasteiger partial charge in [-0.1, -0.05) is 24.3 Å². The van der Waals surface area contributed by atoms with E-state index in [1.807, 2.05) is 18.2 Å². The minimum absolute atomic E-state index is 0.185. The Morgan fingerprint density at radius 1 is 1.00 bits per heavy atom. The van der Waals surface area contributed by atoms with Crippen LogP contribution in [0.1, 0.15) is 46.3 Å². The molecule has 0 spiro atoms. The first kappa shape index (κ1) is 19.3. The molecule has 3 nitrogen and oxygen atoms in total. The molecule has 2 heterocycles. The van der Waals surface area contributed by atoms with Gasteiger partial charge in [0.05, 0.1) is 0 Å². The van der Waals surface area contributed by atoms with E-state index in [4.69, 9.17) is 0 Å². The van der Waals surface area contributed by atoms with Gasteiger partial charge in [0.2, 0.25) is 0 Å². The van der Waals surface area contributed by atoms with Gasteiger partial charge in [0.1, 0.15) is 5.82 Å². The van der Waals surface area contributed by atoms with Crippen LogP contribution in [-0.4, -0.2) is 36.9 Å². The van der Waals surface area contributed by atoms with Gasteiger partial charge in [-0.2, -0.15) is 0 Å². The van der Waals surface area contributed by atoms with Crippen molar-refractivity contribution in [2.45, 2.75) is 38.6 Å². The molecule has 1 N–H and O–H groups in total. The average Bonchev–Trinajstić information content (AvgIpc) is 2.96. The number of carbonyl (C=O) groups excluding carboxylic acids is 1. The molecule has 4 heteroatoms. The van der Waals surface area contributed by atoms with Crippen molar-refractivity contribution >= 4 is 5.78 Å². The average molecular weight is 381 g/mol. The van der Waals surface area contributed by atoms with Gasteiger partial charge in [-0.25, -0.2) is 4.39 Å². The molecule has 2 aliphatic rings. The molecule has 0 radical (unpaired) electrons. The Balaban J connectivity index is 1.29. The van der Waals surface area contributed by atoms with Crippen LogP contribution in [0, 0.1) is 11.7 Å². The first-order chi connectivity index (χ1) is 13.7. The molecule has 0 amide bonds. The number of Topliss-reactive ketones (excluding diaryl/α,β-unsaturated/α-hetero) is 1. The van der Waals surface area contributed by atoms with Gasteiger partial charge in [-0.3, -0.25) is 9.69 Å². The fraction of sp³-hybridized carbons (Fsp3) is 0.458. The van der Waals surface area contributed by atoms with E-state index < -0.39 is 0 Å². The van der Waals surface area contributed by atoms with E-state index >= 15 is 0 Å². The van der Waals surface area contributed by atoms with Gasteiger partial charge in [-0.15, -0.1) is 0 Å². The predicted molar refractivity (Wildman–Crippen MR) is 110 cm³/mol. The molecule has 0 atom stereocenters. The first-order valence-electron chi connectivity index (χ1n) is 10.5. The predicted octanol–water partition coefficient (Wildman–Crippen LogP) is 4.00. The van der Waals surface area contributed by atoms with Crippen molar-refractivity contribution in [1.29, 1.82) is 0 Å². The maximum Gasteiger partial charge on any atom is 0.163 e. The zero-order valence-corrected chi connectivity index (χ0v) is 16.4. The molecule has 2 aromatic carbocycles. The number of likely N-dealkylation sites (tertiary alicyclic amines) is 1. The number of rotatable bonds is 5. The number of piperidine rings is 1. The van der Waals surface area contributed by atoms with E-state index in [2.05, 4.69) is 22.3 Å². The van der Waals surface area contributed by atoms with Crippen LogP contribution in [0.4, 0.5) is 4.39 Å². The Labute approximate surface area is 166 Å². The van der Waals surface area contributed by atoms with Crippen LogP contribution in [0.2, 0.25) is 0 Å². The number of nitrogens with zero attached hydrogens (tertiary/aromatic N) is 1. The minimum atomic E-state index is -0.185. The second-order valence-corrected chi connectivity index (χ2v) is 8.21. The molecule has 4 rings (SSSR count). The topological polar surface area (TPSA) is 32.3 Å². The maximum atomic E-state index is 13.0. The number of ketones is 1. The number of fused-ring (bicyclic) bond motifs is 1. The van der Waals surface area contributed by atoms with E-state index in [1.54, 1.807) is 0 Å². The molecule has 0 saturated carbocycles. The lowest BCUT2D eigenvalue weighted by Crippen LogP contribution is -2.33. The molecule has 0 bridgehead atoms. The molecular formula is C24H29FN2O. The van der Waals surface area contributed by atoms with Crippen LogP contribution >= 0.6 is 0 Å². The quantitative estimate of drug-likeness (QED) is 0.796. The smallest absolute Gasteiger partial charge is 0.163 e. The molecular weight excluding hydrogens is 351 g/mol. The van der Waals surface area contributed by atoms with E-state index in [9.17, 15) is 9.18 Å². The lowest BCUT2D eigenvalue weighted by atomic mass is 9.88. The fourth-order valence-electron chi connectivity index (χ4n) is 4.42. The largest absolute Gasteiger partial charge is 0.316 e. The number of hydrogen-bond donors (Lipinski definition) is 1. The maximum absolute atomic E-state index is 13.0. The van der Waals surface area contributed by atoms with Crippen LogP contribution in [0.5, 0.6) is 0 Å². The van der Waals surface area contributed by atoms with Gasteiger partial charge in [0.15, 0.2) is 5.78 Å². The van der Waals surface area contributed by atoms with E-state index in [0.29, 0.717) is 12.3 Å². The van der Waals surface area contributed by atoms with Gasteiger partial charge in [0, 0.05) is 18.5 Å². The summed E-state index contributed by atoms with van der Waals surface area (Å²) in [6.07, 6.45) is 4.83. The molecule has 0 aromatic heterocycles. The molecule has 1 saturated heterocycles. The lowest BCUT2D eigenvalue weighted by molar-refractivity contribution is 0.0925. The van der Waals surface area contributed by atoms with Crippen molar-refractivity contribution in [3.8, 4) is 0 Å². The van der Waals surface area contributed by atoms with Crippen LogP contribution in [0.15, 0.2) is 42.5 Å². The molecule has 0 aliphatic carbocycles. The Hall–Kier alpha value is -2.04. The third kappa shape index (κ3) is 4.86. The second kappa shape index (κ2) is 8.97. The van der Waals surface area contributed by atoms with Gasteiger partial charge >= 0.3 is 0 Å². The molecule has 2 aliphatic heterocycles. The summed E-state index contributed by atoms with van der Waals surface area (Å²) < 4.78 is 13.0. The normalized spacial score (nSPS) is 18.5. The summed E-state index contributed by atoms with van der Waals surface area (Å²) >= 11 is 0. The summed E-state index contributed by atoms with van der Waals surface area (Å²) in [6, 6.07) is 13.1. The fourth-order valence-corrected chi connectivity index (χ4v) is 4.42. The molecule has 0 unspecified atom stereocenters. The zero-order valence-electron chi connectivity index (χ0n) is 16.4. The summed E-state index contributed by atoms with van der Waals surface area (Å²) in [5, 5.41) is 3.42. The van der Waals surface area contributed by atoms with Crippen molar-refractivity contribution in [3.63, 3.8) is 0 Å². The monoisotopic (exact) mass is 380 g/mol. The second-order valence-electron chi connectivity index (χ2n) is 8.21. The van der Waals surface area contributed by atoms with Crippen LogP contribution in [-0.2, 0) is 19.4 Å². The Morgan fingerprint density at radius 3 is 2.46 bits per heavy atom. The highest BCUT2D eigenvalue weighted by atomic mass is 19.1. The molecule has 2 aromatic rings. The van der Waals surface area contributed by atoms with Crippen LogP contribution in [0.25, 0.3) is 0 Å². The van der Waals surface area contributed by atoms with E-state index in [0.717, 1.165) is 69.5 Å². The third-order valence-corrected chi connectivity index (χ3v) is 6.17. The first-order valence-corrected chi connectivity index (χ1v) is 10.5. The van der Waals surface area contributed by atoms with E-state index in [-0.39, 0.29) is 11.6 Å². The van der Waals surface area contributed by atoms with Crippen LogP contribution < -0.4 is 5.32 Å². The number of carbonyl (C=O) groups is 1. The van der Waals surface area contributed by atoms with Crippen LogP contribution in [0.3, 0.4) is 0 Å². The van der Waals surface area contributed by atoms with Gasteiger partial charge in [0.25, 0.3) is 0 Å². The van der Waals surface area contributed by atoms with Crippen molar-refractivity contribution in [3.05, 3.63) is 70.5 Å². The number of benzene rings is 2. The van der Waals surface area contributed by atoms with Crippen molar-refractivity contribution in [1.82, 2.24) is 10.2 Å². The summed E-state index contributed by atoms with van der Waals surface area (Å²) in [6.45, 7) is 4.89. The zero-order chi connectivity index (χ0) is 19.3. The van der Waals surface area contributed by atoms with Crippen molar-refractivity contribution < 1.29 is 9.18 Å². The molecule has 1 fully saturated rings. The Morgan fingerprint density at radius 2 is 1.71 bits per heavy atom. The minimum Gasteiger partial charge on any atom is -0.316 e. The summed E-state index contributed by atoms with van der Waals surface area (Å²) in [5.74, 6) is 0.574. The summed E-state index contributed by atoms with van der Waals surface area (Å²) in [7, 11) is 0. The van der Waals surface area contributed by atoms with Crippen molar-refractivity contribution in [2.24, 2.45) is 5.92 Å². The number of hydrogen-bond acceptors (Lipinski definition) is 3. The standard InChI is InChI=1S/C24H29FN2O/c25-23-5-1-19(2-6-23)17-27-13-9-18(10-14-27)15-24(28)22-4-3-20-7-11-26-12-8-21(20)16-22/h1-6,16,18,26H,7-15,17H2. The highest BCUT2D eigenvalue weighted by molar-refractivity contribution is 5.96. The Kier molecular flexibility index (Phi) is 6.18. The highest BCUT2D eigenvalue weighted by Crippen LogP contribution is 2.25. The van der Waals surface area contributed by atoms with Gasteiger partial charge in [-0.05, 0) is 92.7 Å². The Bertz CT molecular complexity index is 810. The summed E-state index contributed by atoms with van der Waals surface area (Å²) in [4.78, 5) is 15.2. The van der Waals surface area contributed by atoms with E-state index in [1.165, 1.54) is 23.3 Å². The third-order valence-electron chi connectivity index (χ3n) is 6.17. The number of nitrogens with one attached hydrogen (secondary N) is 1. The SMILES string of the molecule is O=C(CC1CCN(Cc2ccc(F)cc2)CC1)c1ccc2c(c1)CCNCC2. The number of halogens is 1. The highest BCUT2D eigenvalue weighted by Gasteiger charge is 2.22. The lowest BCUT2D eigenvalue weighted by Gasteiger charge is -2.31. The molecule has 148 valence electrons. The van der Waals surface area contributed by atoms with Crippen molar-refractivity contribution in [2.75, 3.05) is 26.2 Å². The molecule has 28 heavy (non-hydrogen) atoms.